The number of rotatable bonds is 6. The van der Waals surface area contributed by atoms with E-state index in [0.29, 0.717) is 12.3 Å². The average Bonchev–Trinajstić information content (AvgIpc) is 3.16. The number of hydrogen-bond donors (Lipinski definition) is 2. The molecule has 0 bridgehead atoms. The molecule has 7 heteroatoms. The van der Waals surface area contributed by atoms with Gasteiger partial charge < -0.3 is 10.3 Å². The summed E-state index contributed by atoms with van der Waals surface area (Å²) in [6, 6.07) is 5.98. The summed E-state index contributed by atoms with van der Waals surface area (Å²) in [4.78, 5) is 23.9. The normalized spacial score (nSPS) is 14.9. The van der Waals surface area contributed by atoms with Crippen molar-refractivity contribution in [1.82, 2.24) is 30.0 Å². The number of carbonyl (C=O) groups is 1. The summed E-state index contributed by atoms with van der Waals surface area (Å²) in [6.45, 7) is 5.71. The van der Waals surface area contributed by atoms with Crippen LogP contribution in [0.4, 0.5) is 0 Å². The van der Waals surface area contributed by atoms with E-state index in [9.17, 15) is 4.79 Å². The third kappa shape index (κ3) is 3.77. The van der Waals surface area contributed by atoms with Crippen LogP contribution in [-0.2, 0) is 11.2 Å². The molecule has 140 valence electrons. The van der Waals surface area contributed by atoms with Gasteiger partial charge in [-0.15, -0.1) is 0 Å². The fourth-order valence-corrected chi connectivity index (χ4v) is 3.20. The predicted octanol–water partition coefficient (Wildman–Crippen LogP) is 2.90. The Morgan fingerprint density at radius 3 is 2.78 bits per heavy atom. The Kier molecular flexibility index (Phi) is 4.51. The monoisotopic (exact) mass is 364 g/mol. The van der Waals surface area contributed by atoms with Gasteiger partial charge in [-0.05, 0) is 49.9 Å². The molecule has 2 aromatic heterocycles. The van der Waals surface area contributed by atoms with Crippen molar-refractivity contribution >= 4 is 5.91 Å². The lowest BCUT2D eigenvalue weighted by Crippen LogP contribution is -2.30. The van der Waals surface area contributed by atoms with E-state index in [2.05, 4.69) is 47.3 Å². The molecular weight excluding hydrogens is 340 g/mol. The minimum Gasteiger partial charge on any atom is -0.348 e. The number of hydrogen-bond acceptors (Lipinski definition) is 4. The molecule has 2 heterocycles. The van der Waals surface area contributed by atoms with Crippen molar-refractivity contribution < 1.29 is 4.79 Å². The molecule has 0 aliphatic heterocycles. The molecule has 3 aromatic rings. The van der Waals surface area contributed by atoms with Crippen LogP contribution in [0.15, 0.2) is 30.7 Å². The van der Waals surface area contributed by atoms with Crippen LogP contribution >= 0.6 is 0 Å². The maximum Gasteiger partial charge on any atom is 0.217 e. The Bertz CT molecular complexity index is 955. The summed E-state index contributed by atoms with van der Waals surface area (Å²) >= 11 is 0. The number of benzene rings is 1. The van der Waals surface area contributed by atoms with Gasteiger partial charge in [-0.25, -0.2) is 14.6 Å². The first-order valence-electron chi connectivity index (χ1n) is 9.30. The molecule has 0 saturated heterocycles. The SMILES string of the molecule is CC(=O)N[C@@H](Cc1cnc[nH]1)c1nc(C2CC2)nn1-c1ccc(C)c(C)c1. The Morgan fingerprint density at radius 1 is 1.33 bits per heavy atom. The lowest BCUT2D eigenvalue weighted by atomic mass is 10.1. The van der Waals surface area contributed by atoms with Gasteiger partial charge in [0.15, 0.2) is 11.6 Å². The number of amides is 1. The minimum absolute atomic E-state index is 0.0953. The first-order chi connectivity index (χ1) is 13.0. The van der Waals surface area contributed by atoms with Crippen LogP contribution in [0, 0.1) is 13.8 Å². The van der Waals surface area contributed by atoms with Crippen molar-refractivity contribution in [3.05, 3.63) is 59.2 Å². The topological polar surface area (TPSA) is 88.5 Å². The van der Waals surface area contributed by atoms with Crippen LogP contribution in [0.2, 0.25) is 0 Å². The summed E-state index contributed by atoms with van der Waals surface area (Å²) in [5.41, 5.74) is 4.34. The van der Waals surface area contributed by atoms with Crippen molar-refractivity contribution in [3.63, 3.8) is 0 Å². The van der Waals surface area contributed by atoms with Gasteiger partial charge in [0.2, 0.25) is 5.91 Å². The quantitative estimate of drug-likeness (QED) is 0.704. The second-order valence-corrected chi connectivity index (χ2v) is 7.32. The van der Waals surface area contributed by atoms with Gasteiger partial charge in [0, 0.05) is 31.2 Å². The average molecular weight is 364 g/mol. The molecule has 1 aromatic carbocycles. The Morgan fingerprint density at radius 2 is 2.15 bits per heavy atom. The molecule has 1 atom stereocenters. The van der Waals surface area contributed by atoms with E-state index < -0.39 is 0 Å². The lowest BCUT2D eigenvalue weighted by molar-refractivity contribution is -0.119. The first-order valence-corrected chi connectivity index (χ1v) is 9.30. The van der Waals surface area contributed by atoms with E-state index in [1.807, 2.05) is 4.68 Å². The summed E-state index contributed by atoms with van der Waals surface area (Å²) in [5, 5.41) is 7.83. The molecule has 1 saturated carbocycles. The van der Waals surface area contributed by atoms with Gasteiger partial charge in [-0.3, -0.25) is 4.79 Å². The van der Waals surface area contributed by atoms with E-state index in [1.54, 1.807) is 12.5 Å². The third-order valence-electron chi connectivity index (χ3n) is 4.99. The molecule has 7 nitrogen and oxygen atoms in total. The highest BCUT2D eigenvalue weighted by Crippen LogP contribution is 2.39. The Hall–Kier alpha value is -2.96. The van der Waals surface area contributed by atoms with Crippen LogP contribution in [0.1, 0.15) is 60.2 Å². The molecule has 1 fully saturated rings. The molecule has 0 radical (unpaired) electrons. The van der Waals surface area contributed by atoms with Crippen molar-refractivity contribution in [2.24, 2.45) is 0 Å². The van der Waals surface area contributed by atoms with E-state index in [1.165, 1.54) is 18.1 Å². The van der Waals surface area contributed by atoms with Crippen LogP contribution < -0.4 is 5.32 Å². The lowest BCUT2D eigenvalue weighted by Gasteiger charge is -2.18. The Balaban J connectivity index is 1.78. The smallest absolute Gasteiger partial charge is 0.217 e. The first kappa shape index (κ1) is 17.5. The highest BCUT2D eigenvalue weighted by molar-refractivity contribution is 5.73. The zero-order valence-electron chi connectivity index (χ0n) is 15.9. The van der Waals surface area contributed by atoms with Gasteiger partial charge in [0.05, 0.1) is 18.1 Å². The zero-order chi connectivity index (χ0) is 19.0. The van der Waals surface area contributed by atoms with Gasteiger partial charge >= 0.3 is 0 Å². The highest BCUT2D eigenvalue weighted by atomic mass is 16.1. The van der Waals surface area contributed by atoms with Crippen molar-refractivity contribution in [1.29, 1.82) is 0 Å². The number of aryl methyl sites for hydroxylation is 2. The van der Waals surface area contributed by atoms with Gasteiger partial charge in [0.1, 0.15) is 0 Å². The highest BCUT2D eigenvalue weighted by Gasteiger charge is 2.31. The summed E-state index contributed by atoms with van der Waals surface area (Å²) in [7, 11) is 0. The fraction of sp³-hybridized carbons (Fsp3) is 0.400. The second kappa shape index (κ2) is 6.98. The van der Waals surface area contributed by atoms with E-state index >= 15 is 0 Å². The molecule has 0 spiro atoms. The van der Waals surface area contributed by atoms with Gasteiger partial charge in [-0.2, -0.15) is 5.10 Å². The van der Waals surface area contributed by atoms with Crippen LogP contribution in [0.5, 0.6) is 0 Å². The number of nitrogens with zero attached hydrogens (tertiary/aromatic N) is 4. The zero-order valence-corrected chi connectivity index (χ0v) is 15.9. The minimum atomic E-state index is -0.287. The van der Waals surface area contributed by atoms with Gasteiger partial charge in [0.25, 0.3) is 0 Å². The molecule has 1 aliphatic rings. The Labute approximate surface area is 158 Å². The molecule has 2 N–H and O–H groups in total. The maximum atomic E-state index is 11.9. The van der Waals surface area contributed by atoms with Crippen LogP contribution in [0.3, 0.4) is 0 Å². The number of imidazole rings is 1. The van der Waals surface area contributed by atoms with Crippen LogP contribution in [-0.4, -0.2) is 30.6 Å². The van der Waals surface area contributed by atoms with E-state index in [0.717, 1.165) is 35.9 Å². The fourth-order valence-electron chi connectivity index (χ4n) is 3.20. The molecular formula is C20H24N6O. The van der Waals surface area contributed by atoms with Gasteiger partial charge in [-0.1, -0.05) is 6.07 Å². The van der Waals surface area contributed by atoms with Crippen molar-refractivity contribution in [2.45, 2.75) is 52.0 Å². The number of H-pyrrole nitrogens is 1. The third-order valence-corrected chi connectivity index (χ3v) is 4.99. The second-order valence-electron chi connectivity index (χ2n) is 7.32. The molecule has 4 rings (SSSR count). The summed E-state index contributed by atoms with van der Waals surface area (Å²) in [6.07, 6.45) is 6.24. The molecule has 1 aliphatic carbocycles. The van der Waals surface area contributed by atoms with Crippen molar-refractivity contribution in [3.8, 4) is 5.69 Å². The van der Waals surface area contributed by atoms with Crippen molar-refractivity contribution in [2.75, 3.05) is 0 Å². The largest absolute Gasteiger partial charge is 0.348 e. The van der Waals surface area contributed by atoms with E-state index in [-0.39, 0.29) is 11.9 Å². The number of carbonyl (C=O) groups excluding carboxylic acids is 1. The molecule has 0 unspecified atom stereocenters. The summed E-state index contributed by atoms with van der Waals surface area (Å²) in [5.74, 6) is 1.96. The standard InChI is InChI=1S/C20H24N6O/c1-12-4-7-17(8-13(12)2)26-20(24-19(25-26)15-5-6-15)18(23-14(3)27)9-16-10-21-11-22-16/h4,7-8,10-11,15,18H,5-6,9H2,1-3H3,(H,21,22)(H,23,27)/t18-/m0/s1. The molecule has 27 heavy (non-hydrogen) atoms. The number of nitrogens with one attached hydrogen (secondary N) is 2. The van der Waals surface area contributed by atoms with Crippen LogP contribution in [0.25, 0.3) is 5.69 Å². The summed E-state index contributed by atoms with van der Waals surface area (Å²) < 4.78 is 1.89. The maximum absolute atomic E-state index is 11.9. The predicted molar refractivity (Wildman–Crippen MR) is 102 cm³/mol. The number of aromatic amines is 1. The van der Waals surface area contributed by atoms with E-state index in [4.69, 9.17) is 10.1 Å². The molecule has 1 amide bonds. The number of aromatic nitrogens is 5.